The molecule has 0 aromatic carbocycles. The summed E-state index contributed by atoms with van der Waals surface area (Å²) in [7, 11) is 0. The van der Waals surface area contributed by atoms with Crippen molar-refractivity contribution in [1.82, 2.24) is 10.3 Å². The molecule has 80 valence electrons. The Balaban J connectivity index is 2.42. The number of hydrogen-bond acceptors (Lipinski definition) is 4. The van der Waals surface area contributed by atoms with Crippen LogP contribution in [0.2, 0.25) is 0 Å². The van der Waals surface area contributed by atoms with Crippen LogP contribution in [-0.2, 0) is 0 Å². The summed E-state index contributed by atoms with van der Waals surface area (Å²) in [4.78, 5) is 16.3. The van der Waals surface area contributed by atoms with Gasteiger partial charge in [-0.25, -0.2) is 0 Å². The Hall–Kier alpha value is -2.06. The lowest BCUT2D eigenvalue weighted by molar-refractivity contribution is 0.0963. The van der Waals surface area contributed by atoms with Gasteiger partial charge in [0.05, 0.1) is 16.9 Å². The van der Waals surface area contributed by atoms with Gasteiger partial charge in [-0.15, -0.1) is 17.8 Å². The highest BCUT2D eigenvalue weighted by atomic mass is 32.1. The average molecular weight is 231 g/mol. The molecule has 2 aromatic heterocycles. The van der Waals surface area contributed by atoms with E-state index in [-0.39, 0.29) is 12.5 Å². The SMILES string of the molecule is C#CCNC(=O)c1sc2cccnc2c1N. The largest absolute Gasteiger partial charge is 0.396 e. The number of nitrogens with zero attached hydrogens (tertiary/aromatic N) is 1. The first-order valence-corrected chi connectivity index (χ1v) is 5.40. The van der Waals surface area contributed by atoms with Crippen molar-refractivity contribution in [3.8, 4) is 12.3 Å². The second-order valence-electron chi connectivity index (χ2n) is 3.08. The number of nitrogen functional groups attached to an aromatic ring is 1. The Labute approximate surface area is 96.5 Å². The summed E-state index contributed by atoms with van der Waals surface area (Å²) in [5.41, 5.74) is 6.92. The van der Waals surface area contributed by atoms with Crippen molar-refractivity contribution in [2.24, 2.45) is 0 Å². The van der Waals surface area contributed by atoms with E-state index in [0.717, 1.165) is 4.70 Å². The zero-order valence-corrected chi connectivity index (χ0v) is 9.17. The average Bonchev–Trinajstić information content (AvgIpc) is 2.64. The number of pyridine rings is 1. The smallest absolute Gasteiger partial charge is 0.264 e. The standard InChI is InChI=1S/C11H9N3OS/c1-2-5-14-11(15)10-8(12)9-7(16-10)4-3-6-13-9/h1,3-4,6H,5,12H2,(H,14,15). The number of hydrogen-bond donors (Lipinski definition) is 2. The van der Waals surface area contributed by atoms with Gasteiger partial charge in [0.25, 0.3) is 5.91 Å². The molecular formula is C11H9N3OS. The molecule has 0 unspecified atom stereocenters. The van der Waals surface area contributed by atoms with Crippen LogP contribution in [0, 0.1) is 12.3 Å². The number of amides is 1. The van der Waals surface area contributed by atoms with Crippen LogP contribution < -0.4 is 11.1 Å². The van der Waals surface area contributed by atoms with E-state index in [4.69, 9.17) is 12.2 Å². The van der Waals surface area contributed by atoms with Crippen molar-refractivity contribution in [1.29, 1.82) is 0 Å². The highest BCUT2D eigenvalue weighted by molar-refractivity contribution is 7.21. The number of terminal acetylenes is 1. The van der Waals surface area contributed by atoms with Crippen LogP contribution in [0.5, 0.6) is 0 Å². The highest BCUT2D eigenvalue weighted by Crippen LogP contribution is 2.31. The van der Waals surface area contributed by atoms with Crippen molar-refractivity contribution in [3.05, 3.63) is 23.2 Å². The quantitative estimate of drug-likeness (QED) is 0.764. The minimum atomic E-state index is -0.251. The Morgan fingerprint density at radius 2 is 2.50 bits per heavy atom. The zero-order valence-electron chi connectivity index (χ0n) is 8.36. The first-order chi connectivity index (χ1) is 7.74. The second-order valence-corrected chi connectivity index (χ2v) is 4.13. The van der Waals surface area contributed by atoms with Gasteiger partial charge in [-0.2, -0.15) is 0 Å². The monoisotopic (exact) mass is 231 g/mol. The van der Waals surface area contributed by atoms with Crippen LogP contribution >= 0.6 is 11.3 Å². The molecule has 0 aliphatic heterocycles. The summed E-state index contributed by atoms with van der Waals surface area (Å²) >= 11 is 1.31. The number of rotatable bonds is 2. The third-order valence-electron chi connectivity index (χ3n) is 2.04. The molecule has 0 spiro atoms. The van der Waals surface area contributed by atoms with Crippen molar-refractivity contribution in [2.45, 2.75) is 0 Å². The fourth-order valence-corrected chi connectivity index (χ4v) is 2.33. The van der Waals surface area contributed by atoms with Gasteiger partial charge in [0.15, 0.2) is 0 Å². The van der Waals surface area contributed by atoms with E-state index in [2.05, 4.69) is 16.2 Å². The molecule has 0 aliphatic rings. The minimum absolute atomic E-state index is 0.194. The maximum Gasteiger partial charge on any atom is 0.264 e. The first kappa shape index (κ1) is 10.5. The summed E-state index contributed by atoms with van der Waals surface area (Å²) in [5.74, 6) is 2.09. The fraction of sp³-hybridized carbons (Fsp3) is 0.0909. The number of nitrogens with one attached hydrogen (secondary N) is 1. The zero-order chi connectivity index (χ0) is 11.5. The maximum absolute atomic E-state index is 11.7. The maximum atomic E-state index is 11.7. The number of anilines is 1. The van der Waals surface area contributed by atoms with E-state index < -0.39 is 0 Å². The summed E-state index contributed by atoms with van der Waals surface area (Å²) < 4.78 is 0.894. The van der Waals surface area contributed by atoms with E-state index in [9.17, 15) is 4.79 Å². The predicted molar refractivity (Wildman–Crippen MR) is 65.2 cm³/mol. The van der Waals surface area contributed by atoms with Gasteiger partial charge in [0, 0.05) is 6.20 Å². The van der Waals surface area contributed by atoms with Gasteiger partial charge in [-0.05, 0) is 12.1 Å². The van der Waals surface area contributed by atoms with Crippen molar-refractivity contribution >= 4 is 33.1 Å². The second kappa shape index (κ2) is 4.21. The number of thiophene rings is 1. The van der Waals surface area contributed by atoms with Crippen LogP contribution in [0.25, 0.3) is 10.2 Å². The van der Waals surface area contributed by atoms with Gasteiger partial charge in [0.1, 0.15) is 10.4 Å². The van der Waals surface area contributed by atoms with Crippen LogP contribution in [0.3, 0.4) is 0 Å². The molecular weight excluding hydrogens is 222 g/mol. The summed E-state index contributed by atoms with van der Waals surface area (Å²) in [5, 5.41) is 2.58. The van der Waals surface area contributed by atoms with E-state index in [1.54, 1.807) is 12.3 Å². The topological polar surface area (TPSA) is 68.0 Å². The molecule has 1 amide bonds. The van der Waals surface area contributed by atoms with Crippen LogP contribution in [-0.4, -0.2) is 17.4 Å². The van der Waals surface area contributed by atoms with Gasteiger partial charge in [-0.3, -0.25) is 9.78 Å². The van der Waals surface area contributed by atoms with E-state index in [0.29, 0.717) is 16.1 Å². The van der Waals surface area contributed by atoms with E-state index >= 15 is 0 Å². The van der Waals surface area contributed by atoms with Crippen LogP contribution in [0.15, 0.2) is 18.3 Å². The number of nitrogens with two attached hydrogens (primary N) is 1. The summed E-state index contributed by atoms with van der Waals surface area (Å²) in [6.07, 6.45) is 6.71. The van der Waals surface area contributed by atoms with Gasteiger partial charge < -0.3 is 11.1 Å². The Bertz CT molecular complexity index is 582. The number of fused-ring (bicyclic) bond motifs is 1. The molecule has 0 radical (unpaired) electrons. The fourth-order valence-electron chi connectivity index (χ4n) is 1.33. The van der Waals surface area contributed by atoms with Crippen molar-refractivity contribution < 1.29 is 4.79 Å². The molecule has 0 saturated heterocycles. The minimum Gasteiger partial charge on any atom is -0.396 e. The lowest BCUT2D eigenvalue weighted by atomic mass is 10.3. The molecule has 16 heavy (non-hydrogen) atoms. The molecule has 0 atom stereocenters. The first-order valence-electron chi connectivity index (χ1n) is 4.58. The Morgan fingerprint density at radius 1 is 1.69 bits per heavy atom. The lowest BCUT2D eigenvalue weighted by Crippen LogP contribution is -2.23. The Kier molecular flexibility index (Phi) is 2.75. The lowest BCUT2D eigenvalue weighted by Gasteiger charge is -1.98. The molecule has 0 bridgehead atoms. The third-order valence-corrected chi connectivity index (χ3v) is 3.20. The predicted octanol–water partition coefficient (Wildman–Crippen LogP) is 1.24. The van der Waals surface area contributed by atoms with Crippen molar-refractivity contribution in [3.63, 3.8) is 0 Å². The highest BCUT2D eigenvalue weighted by Gasteiger charge is 2.15. The summed E-state index contributed by atoms with van der Waals surface area (Å²) in [6.45, 7) is 0.194. The Morgan fingerprint density at radius 3 is 3.19 bits per heavy atom. The van der Waals surface area contributed by atoms with Crippen molar-refractivity contribution in [2.75, 3.05) is 12.3 Å². The molecule has 3 N–H and O–H groups in total. The normalized spacial score (nSPS) is 9.94. The molecule has 2 aromatic rings. The molecule has 0 aliphatic carbocycles. The number of aromatic nitrogens is 1. The molecule has 4 nitrogen and oxygen atoms in total. The number of carbonyl (C=O) groups excluding carboxylic acids is 1. The molecule has 2 rings (SSSR count). The van der Waals surface area contributed by atoms with Gasteiger partial charge >= 0.3 is 0 Å². The van der Waals surface area contributed by atoms with Crippen LogP contribution in [0.1, 0.15) is 9.67 Å². The van der Waals surface area contributed by atoms with Gasteiger partial charge in [-0.1, -0.05) is 5.92 Å². The van der Waals surface area contributed by atoms with Crippen LogP contribution in [0.4, 0.5) is 5.69 Å². The summed E-state index contributed by atoms with van der Waals surface area (Å²) in [6, 6.07) is 3.68. The van der Waals surface area contributed by atoms with E-state index in [1.807, 2.05) is 6.07 Å². The van der Waals surface area contributed by atoms with E-state index in [1.165, 1.54) is 11.3 Å². The number of carbonyl (C=O) groups is 1. The molecule has 0 saturated carbocycles. The molecule has 5 heteroatoms. The van der Waals surface area contributed by atoms with Gasteiger partial charge in [0.2, 0.25) is 0 Å². The molecule has 2 heterocycles. The molecule has 0 fully saturated rings. The third kappa shape index (κ3) is 1.71.